The van der Waals surface area contributed by atoms with E-state index in [9.17, 15) is 0 Å². The number of aryl methyl sites for hydroxylation is 4. The van der Waals surface area contributed by atoms with Crippen molar-refractivity contribution in [1.82, 2.24) is 9.97 Å². The van der Waals surface area contributed by atoms with Gasteiger partial charge in [-0.15, -0.1) is 53.6 Å². The molecule has 0 saturated heterocycles. The summed E-state index contributed by atoms with van der Waals surface area (Å²) in [5.41, 5.74) is 3.17. The van der Waals surface area contributed by atoms with Crippen LogP contribution >= 0.6 is 0 Å². The van der Waals surface area contributed by atoms with Gasteiger partial charge >= 0.3 is 0 Å². The van der Waals surface area contributed by atoms with E-state index in [0.717, 1.165) is 38.4 Å². The number of fused-ring (bicyclic) bond motifs is 7. The van der Waals surface area contributed by atoms with Crippen LogP contribution in [0.5, 0.6) is 0 Å². The van der Waals surface area contributed by atoms with Crippen LogP contribution in [0.4, 0.5) is 0 Å². The van der Waals surface area contributed by atoms with Gasteiger partial charge in [0.05, 0.1) is 5.58 Å². The molecule has 9 aromatic rings. The molecule has 0 atom stereocenters. The number of hydrogen-bond donors (Lipinski definition) is 0. The van der Waals surface area contributed by atoms with Crippen molar-refractivity contribution in [3.05, 3.63) is 168 Å². The first-order valence-electron chi connectivity index (χ1n) is 24.5. The molecule has 9 rings (SSSR count). The van der Waals surface area contributed by atoms with Crippen molar-refractivity contribution in [2.24, 2.45) is 5.41 Å². The Morgan fingerprint density at radius 2 is 1.44 bits per heavy atom. The number of hydrogen-bond acceptors (Lipinski definition) is 3. The molecule has 0 aliphatic heterocycles. The molecule has 4 heteroatoms. The van der Waals surface area contributed by atoms with Crippen LogP contribution in [0.25, 0.3) is 77.1 Å². The van der Waals surface area contributed by atoms with Crippen molar-refractivity contribution in [3.8, 4) is 33.6 Å². The van der Waals surface area contributed by atoms with Crippen LogP contribution in [0.3, 0.4) is 0 Å². The molecule has 0 unspecified atom stereocenters. The van der Waals surface area contributed by atoms with Gasteiger partial charge < -0.3 is 14.4 Å². The second kappa shape index (κ2) is 15.4. The Kier molecular flexibility index (Phi) is 6.76. The minimum atomic E-state index is -2.72. The third kappa shape index (κ3) is 7.76. The summed E-state index contributed by atoms with van der Waals surface area (Å²) >= 11 is 0. The number of benzene rings is 6. The smallest absolute Gasteiger partial charge is 0.129 e. The Morgan fingerprint density at radius 3 is 2.20 bits per heavy atom. The van der Waals surface area contributed by atoms with Crippen LogP contribution in [-0.2, 0) is 26.5 Å². The van der Waals surface area contributed by atoms with Crippen molar-refractivity contribution >= 4 is 43.5 Å². The summed E-state index contributed by atoms with van der Waals surface area (Å²) in [5, 5.41) is 5.83. The average Bonchev–Trinajstić information content (AvgIpc) is 3.66. The Labute approximate surface area is 357 Å². The monoisotopic (exact) mass is 907 g/mol. The van der Waals surface area contributed by atoms with Gasteiger partial charge in [-0.2, -0.15) is 0 Å². The van der Waals surface area contributed by atoms with Crippen molar-refractivity contribution in [3.63, 3.8) is 0 Å². The molecule has 0 saturated carbocycles. The number of nitrogens with zero attached hydrogens (tertiary/aromatic N) is 2. The van der Waals surface area contributed by atoms with E-state index in [-0.39, 0.29) is 53.5 Å². The molecule has 3 aromatic heterocycles. The van der Waals surface area contributed by atoms with E-state index in [2.05, 4.69) is 46.4 Å². The van der Waals surface area contributed by atoms with Gasteiger partial charge in [-0.3, -0.25) is 0 Å². The topological polar surface area (TPSA) is 38.9 Å². The maximum atomic E-state index is 8.25. The van der Waals surface area contributed by atoms with Gasteiger partial charge in [-0.05, 0) is 87.7 Å². The molecule has 275 valence electrons. The Morgan fingerprint density at radius 1 is 0.655 bits per heavy atom. The molecule has 0 aliphatic carbocycles. The first-order valence-corrected chi connectivity index (χ1v) is 17.5. The predicted molar refractivity (Wildman–Crippen MR) is 227 cm³/mol. The molecule has 55 heavy (non-hydrogen) atoms. The largest absolute Gasteiger partial charge is 0.500 e. The molecule has 0 bridgehead atoms. The normalized spacial score (nSPS) is 16.4. The second-order valence-corrected chi connectivity index (χ2v) is 14.2. The summed E-state index contributed by atoms with van der Waals surface area (Å²) in [7, 11) is 0. The van der Waals surface area contributed by atoms with Crippen LogP contribution in [0.1, 0.15) is 67.8 Å². The minimum absolute atomic E-state index is 0. The van der Waals surface area contributed by atoms with E-state index in [1.807, 2.05) is 51.1 Å². The zero-order valence-corrected chi connectivity index (χ0v) is 32.7. The van der Waals surface area contributed by atoms with E-state index in [4.69, 9.17) is 23.6 Å². The molecule has 0 spiro atoms. The standard InChI is InChI=1S/C34H24NO.C17H20N.Ir/c1-20-11-15-25(21(2)17-20)30-18-31(35-19-22(30)3)29-10-6-9-27-28-16-14-24-13-12-23-7-4-5-8-26(23)32(24)34(28)36-33(27)29;1-13-5-8-15(9-6-13)16-10-7-14(12-18-16)11-17(2,3)4;/h4-9,11-19H,1-3H3;5-8,10,12H,11H2,1-4H3;/q2*-1;/i1D3,2D3,3D3;1D3,11D2;. The van der Waals surface area contributed by atoms with E-state index < -0.39 is 39.2 Å². The van der Waals surface area contributed by atoms with E-state index in [1.165, 1.54) is 36.7 Å². The van der Waals surface area contributed by atoms with Crippen molar-refractivity contribution in [1.29, 1.82) is 0 Å². The molecular formula is C51H44IrN2O-2. The van der Waals surface area contributed by atoms with Gasteiger partial charge in [0.15, 0.2) is 0 Å². The number of furan rings is 1. The SMILES string of the molecule is [2H]C([2H])([2H])c1c[c-]c(-c2ccc(C([2H])([2H])C(C)(C)C)cn2)cc1.[2H]C([2H])([2H])c1ccc(-c2cc(-c3[c-]ccc4c3oc3c4ccc4ccc5ccccc5c43)ncc2C([2H])([2H])[2H])c(C([2H])([2H])[2H])c1.[Ir]. The fourth-order valence-electron chi connectivity index (χ4n) is 6.72. The summed E-state index contributed by atoms with van der Waals surface area (Å²) in [6.07, 6.45) is 1.26. The first-order chi connectivity index (χ1) is 31.6. The predicted octanol–water partition coefficient (Wildman–Crippen LogP) is 13.8. The van der Waals surface area contributed by atoms with Crippen LogP contribution in [0.15, 0.2) is 132 Å². The molecule has 0 N–H and O–H groups in total. The minimum Gasteiger partial charge on any atom is -0.500 e. The van der Waals surface area contributed by atoms with Gasteiger partial charge in [0.25, 0.3) is 0 Å². The molecule has 3 nitrogen and oxygen atoms in total. The average molecular weight is 907 g/mol. The van der Waals surface area contributed by atoms with Crippen molar-refractivity contribution in [2.45, 2.75) is 54.6 Å². The van der Waals surface area contributed by atoms with Gasteiger partial charge in [-0.1, -0.05) is 129 Å². The second-order valence-electron chi connectivity index (χ2n) is 14.2. The molecule has 0 amide bonds. The Hall–Kier alpha value is -5.41. The van der Waals surface area contributed by atoms with E-state index >= 15 is 0 Å². The van der Waals surface area contributed by atoms with Crippen LogP contribution in [-0.4, -0.2) is 9.97 Å². The van der Waals surface area contributed by atoms with Crippen LogP contribution in [0, 0.1) is 45.0 Å². The van der Waals surface area contributed by atoms with Crippen molar-refractivity contribution in [2.75, 3.05) is 0 Å². The van der Waals surface area contributed by atoms with Gasteiger partial charge in [0.1, 0.15) is 5.58 Å². The molecule has 3 heterocycles. The van der Waals surface area contributed by atoms with E-state index in [0.29, 0.717) is 39.2 Å². The summed E-state index contributed by atoms with van der Waals surface area (Å²) < 4.78 is 118. The Balaban J connectivity index is 0.000000248. The van der Waals surface area contributed by atoms with Gasteiger partial charge in [-0.25, -0.2) is 0 Å². The number of rotatable bonds is 4. The van der Waals surface area contributed by atoms with Gasteiger partial charge in [0.2, 0.25) is 0 Å². The van der Waals surface area contributed by atoms with Crippen LogP contribution in [0.2, 0.25) is 0 Å². The summed E-state index contributed by atoms with van der Waals surface area (Å²) in [4.78, 5) is 8.81. The molecule has 0 aliphatic rings. The van der Waals surface area contributed by atoms with Crippen molar-refractivity contribution < 1.29 is 43.7 Å². The third-order valence-electron chi connectivity index (χ3n) is 9.15. The van der Waals surface area contributed by atoms with E-state index in [1.54, 1.807) is 30.3 Å². The number of aromatic nitrogens is 2. The summed E-state index contributed by atoms with van der Waals surface area (Å²) in [6, 6.07) is 39.5. The summed E-state index contributed by atoms with van der Waals surface area (Å²) in [5.74, 6) is 0. The Bertz CT molecular complexity index is 3350. The molecular weight excluding hydrogens is 849 g/mol. The third-order valence-corrected chi connectivity index (χ3v) is 9.15. The summed E-state index contributed by atoms with van der Waals surface area (Å²) in [6.45, 7) is -4.50. The molecule has 0 fully saturated rings. The fraction of sp³-hybridized carbons (Fsp3) is 0.176. The zero-order chi connectivity index (χ0) is 49.4. The first kappa shape index (κ1) is 24.2. The fourth-order valence-corrected chi connectivity index (χ4v) is 6.72. The number of pyridine rings is 2. The molecule has 1 radical (unpaired) electrons. The van der Waals surface area contributed by atoms with Crippen LogP contribution < -0.4 is 0 Å². The maximum Gasteiger partial charge on any atom is 0.129 e. The quantitative estimate of drug-likeness (QED) is 0.130. The molecule has 6 aromatic carbocycles. The maximum absolute atomic E-state index is 8.25. The van der Waals surface area contributed by atoms with Gasteiger partial charge in [0, 0.05) is 62.5 Å². The zero-order valence-electron chi connectivity index (χ0n) is 44.3.